The highest BCUT2D eigenvalue weighted by Gasteiger charge is 2.31. The van der Waals surface area contributed by atoms with E-state index in [1.54, 1.807) is 13.4 Å². The quantitative estimate of drug-likeness (QED) is 0.738. The molecular formula is C20H23N4O2. The van der Waals surface area contributed by atoms with Gasteiger partial charge in [0.1, 0.15) is 23.5 Å². The molecule has 6 heteroatoms. The van der Waals surface area contributed by atoms with Crippen LogP contribution in [0.5, 0.6) is 5.75 Å². The average molecular weight is 351 g/mol. The molecule has 3 atom stereocenters. The Morgan fingerprint density at radius 1 is 1.27 bits per heavy atom. The van der Waals surface area contributed by atoms with Gasteiger partial charge in [-0.2, -0.15) is 0 Å². The molecule has 2 heterocycles. The lowest BCUT2D eigenvalue weighted by Gasteiger charge is -2.14. The molecule has 2 N–H and O–H groups in total. The van der Waals surface area contributed by atoms with Crippen molar-refractivity contribution in [1.82, 2.24) is 14.5 Å². The zero-order valence-electron chi connectivity index (χ0n) is 14.8. The van der Waals surface area contributed by atoms with Gasteiger partial charge in [-0.05, 0) is 37.8 Å². The van der Waals surface area contributed by atoms with Crippen molar-refractivity contribution in [1.29, 1.82) is 0 Å². The van der Waals surface area contributed by atoms with E-state index in [-0.39, 0.29) is 18.1 Å². The van der Waals surface area contributed by atoms with Crippen LogP contribution in [-0.4, -0.2) is 32.9 Å². The Hall–Kier alpha value is -2.60. The van der Waals surface area contributed by atoms with Crippen molar-refractivity contribution in [3.8, 4) is 5.75 Å². The Labute approximate surface area is 152 Å². The lowest BCUT2D eigenvalue weighted by molar-refractivity contribution is 0.149. The maximum Gasteiger partial charge on any atom is 0.145 e. The van der Waals surface area contributed by atoms with Crippen LogP contribution in [0.25, 0.3) is 11.0 Å². The van der Waals surface area contributed by atoms with Gasteiger partial charge < -0.3 is 19.7 Å². The summed E-state index contributed by atoms with van der Waals surface area (Å²) in [5, 5.41) is 14.4. The van der Waals surface area contributed by atoms with Crippen LogP contribution in [0.3, 0.4) is 0 Å². The molecule has 6 nitrogen and oxygen atoms in total. The first-order valence-electron chi connectivity index (χ1n) is 8.86. The molecule has 0 aliphatic heterocycles. The summed E-state index contributed by atoms with van der Waals surface area (Å²) in [6.45, 7) is 4.65. The Morgan fingerprint density at radius 2 is 2.12 bits per heavy atom. The van der Waals surface area contributed by atoms with Crippen molar-refractivity contribution < 1.29 is 9.84 Å². The molecule has 1 radical (unpaired) electrons. The Balaban J connectivity index is 1.59. The fourth-order valence-corrected chi connectivity index (χ4v) is 3.74. The van der Waals surface area contributed by atoms with Gasteiger partial charge in [-0.25, -0.2) is 9.97 Å². The second kappa shape index (κ2) is 6.96. The third kappa shape index (κ3) is 3.01. The molecule has 1 aromatic carbocycles. The summed E-state index contributed by atoms with van der Waals surface area (Å²) in [4.78, 5) is 8.88. The van der Waals surface area contributed by atoms with Gasteiger partial charge >= 0.3 is 0 Å². The maximum atomic E-state index is 10.0. The van der Waals surface area contributed by atoms with Gasteiger partial charge in [0, 0.05) is 24.3 Å². The summed E-state index contributed by atoms with van der Waals surface area (Å²) >= 11 is 0. The van der Waals surface area contributed by atoms with Crippen LogP contribution in [0.15, 0.2) is 42.9 Å². The summed E-state index contributed by atoms with van der Waals surface area (Å²) < 4.78 is 7.55. The van der Waals surface area contributed by atoms with Crippen LogP contribution in [0, 0.1) is 12.8 Å². The minimum Gasteiger partial charge on any atom is -0.496 e. The SMILES string of the molecule is [CH2][C@H]1C[C@@H](n2ccc3c(NCc4ccccc4OC)ncnc32)C[C@@H]1O. The summed E-state index contributed by atoms with van der Waals surface area (Å²) in [5.74, 6) is 1.72. The number of rotatable bonds is 5. The van der Waals surface area contributed by atoms with Gasteiger partial charge in [0.05, 0.1) is 18.6 Å². The number of benzene rings is 1. The Kier molecular flexibility index (Phi) is 4.51. The number of hydrogen-bond donors (Lipinski definition) is 2. The van der Waals surface area contributed by atoms with Gasteiger partial charge in [0.2, 0.25) is 0 Å². The summed E-state index contributed by atoms with van der Waals surface area (Å²) in [6.07, 6.45) is 4.84. The first-order valence-corrected chi connectivity index (χ1v) is 8.86. The van der Waals surface area contributed by atoms with Crippen LogP contribution in [0.1, 0.15) is 24.4 Å². The minimum atomic E-state index is -0.345. The van der Waals surface area contributed by atoms with Gasteiger partial charge in [-0.1, -0.05) is 18.2 Å². The fraction of sp³-hybridized carbons (Fsp3) is 0.350. The van der Waals surface area contributed by atoms with Crippen molar-refractivity contribution in [2.75, 3.05) is 12.4 Å². The van der Waals surface area contributed by atoms with Gasteiger partial charge in [0.15, 0.2) is 0 Å². The lowest BCUT2D eigenvalue weighted by Crippen LogP contribution is -2.09. The Bertz CT molecular complexity index is 898. The molecule has 0 unspecified atom stereocenters. The van der Waals surface area contributed by atoms with Crippen LogP contribution in [0.2, 0.25) is 0 Å². The smallest absolute Gasteiger partial charge is 0.145 e. The van der Waals surface area contributed by atoms with E-state index in [9.17, 15) is 5.11 Å². The fourth-order valence-electron chi connectivity index (χ4n) is 3.74. The lowest BCUT2D eigenvalue weighted by atomic mass is 10.1. The van der Waals surface area contributed by atoms with Gasteiger partial charge in [-0.15, -0.1) is 0 Å². The van der Waals surface area contributed by atoms with Crippen LogP contribution < -0.4 is 10.1 Å². The maximum absolute atomic E-state index is 10.0. The molecule has 0 amide bonds. The molecule has 1 saturated carbocycles. The standard InChI is InChI=1S/C20H23N4O2/c1-13-9-15(10-17(13)25)24-8-7-16-19(22-12-23-20(16)24)21-11-14-5-3-4-6-18(14)26-2/h3-8,12-13,15,17,25H,1,9-11H2,2H3,(H,21,22,23)/t13-,15+,17-/m0/s1. The second-order valence-corrected chi connectivity index (χ2v) is 6.80. The minimum absolute atomic E-state index is 0.0717. The largest absolute Gasteiger partial charge is 0.496 e. The van der Waals surface area contributed by atoms with E-state index in [0.29, 0.717) is 13.0 Å². The number of fused-ring (bicyclic) bond motifs is 1. The van der Waals surface area contributed by atoms with E-state index in [4.69, 9.17) is 4.74 Å². The highest BCUT2D eigenvalue weighted by molar-refractivity contribution is 5.87. The van der Waals surface area contributed by atoms with Gasteiger partial charge in [0.25, 0.3) is 0 Å². The van der Waals surface area contributed by atoms with Crippen LogP contribution in [0.4, 0.5) is 5.82 Å². The van der Waals surface area contributed by atoms with Crippen molar-refractivity contribution in [3.05, 3.63) is 55.3 Å². The highest BCUT2D eigenvalue weighted by Crippen LogP contribution is 2.37. The molecule has 26 heavy (non-hydrogen) atoms. The predicted octanol–water partition coefficient (Wildman–Crippen LogP) is 3.20. The van der Waals surface area contributed by atoms with Crippen LogP contribution in [-0.2, 0) is 6.54 Å². The summed E-state index contributed by atoms with van der Waals surface area (Å²) in [6, 6.07) is 10.2. The third-order valence-corrected chi connectivity index (χ3v) is 5.17. The number of anilines is 1. The number of para-hydroxylation sites is 1. The molecular weight excluding hydrogens is 328 g/mol. The Morgan fingerprint density at radius 3 is 2.88 bits per heavy atom. The van der Waals surface area contributed by atoms with E-state index >= 15 is 0 Å². The monoisotopic (exact) mass is 351 g/mol. The van der Waals surface area contributed by atoms with E-state index in [1.165, 1.54) is 0 Å². The highest BCUT2D eigenvalue weighted by atomic mass is 16.5. The number of methoxy groups -OCH3 is 1. The van der Waals surface area contributed by atoms with Crippen molar-refractivity contribution in [2.45, 2.75) is 31.5 Å². The van der Waals surface area contributed by atoms with Crippen molar-refractivity contribution in [2.24, 2.45) is 5.92 Å². The van der Waals surface area contributed by atoms with E-state index in [2.05, 4.69) is 26.8 Å². The molecule has 0 bridgehead atoms. The molecule has 4 rings (SSSR count). The van der Waals surface area contributed by atoms with Crippen molar-refractivity contribution >= 4 is 16.9 Å². The number of aliphatic hydroxyl groups excluding tert-OH is 1. The van der Waals surface area contributed by atoms with Crippen molar-refractivity contribution in [3.63, 3.8) is 0 Å². The number of ether oxygens (including phenoxy) is 1. The number of nitrogens with one attached hydrogen (secondary N) is 1. The van der Waals surface area contributed by atoms with E-state index in [0.717, 1.165) is 34.6 Å². The third-order valence-electron chi connectivity index (χ3n) is 5.17. The second-order valence-electron chi connectivity index (χ2n) is 6.80. The average Bonchev–Trinajstić information content (AvgIpc) is 3.24. The topological polar surface area (TPSA) is 72.2 Å². The molecule has 0 saturated heterocycles. The first kappa shape index (κ1) is 16.8. The number of nitrogens with zero attached hydrogens (tertiary/aromatic N) is 3. The molecule has 1 aliphatic rings. The molecule has 0 spiro atoms. The number of hydrogen-bond acceptors (Lipinski definition) is 5. The predicted molar refractivity (Wildman–Crippen MR) is 101 cm³/mol. The summed E-state index contributed by atoms with van der Waals surface area (Å²) in [5.41, 5.74) is 1.95. The molecule has 1 fully saturated rings. The normalized spacial score (nSPS) is 22.7. The number of aromatic nitrogens is 3. The summed E-state index contributed by atoms with van der Waals surface area (Å²) in [7, 11) is 1.67. The molecule has 135 valence electrons. The van der Waals surface area contributed by atoms with E-state index in [1.807, 2.05) is 36.5 Å². The molecule has 2 aromatic heterocycles. The number of aliphatic hydroxyl groups is 1. The molecule has 3 aromatic rings. The van der Waals surface area contributed by atoms with Crippen LogP contribution >= 0.6 is 0 Å². The van der Waals surface area contributed by atoms with Gasteiger partial charge in [-0.3, -0.25) is 0 Å². The molecule has 1 aliphatic carbocycles. The zero-order valence-corrected chi connectivity index (χ0v) is 14.8. The first-order chi connectivity index (χ1) is 12.7. The van der Waals surface area contributed by atoms with E-state index < -0.39 is 0 Å². The zero-order chi connectivity index (χ0) is 18.1.